The Bertz CT molecular complexity index is 1480. The Hall–Kier alpha value is -4.58. The summed E-state index contributed by atoms with van der Waals surface area (Å²) in [7, 11) is 0. The van der Waals surface area contributed by atoms with Crippen LogP contribution >= 0.6 is 0 Å². The molecule has 1 atom stereocenters. The summed E-state index contributed by atoms with van der Waals surface area (Å²) in [5.74, 6) is -0.841. The van der Waals surface area contributed by atoms with Crippen molar-refractivity contribution < 1.29 is 24.2 Å². The standard InChI is InChI=1S/C32H27NO5/c34-30(35)19-37-22-15-16-24-21(17-22)14-13-20-7-1-2-8-23(20)31(24)33-32(36)38-18-29-27-11-5-3-9-25(27)26-10-4-6-12-28(26)29/h1-12,15-17,29,31H,13-14,18-19H2,(H,33,36)(H,34,35)/p-1/t31-/m1/s1. The number of nitrogens with one attached hydrogen (secondary N) is 1. The molecule has 4 aromatic rings. The Morgan fingerprint density at radius 1 is 0.763 bits per heavy atom. The lowest BCUT2D eigenvalue weighted by molar-refractivity contribution is -0.307. The molecule has 0 spiro atoms. The van der Waals surface area contributed by atoms with Gasteiger partial charge >= 0.3 is 6.09 Å². The Labute approximate surface area is 220 Å². The zero-order chi connectivity index (χ0) is 26.1. The maximum Gasteiger partial charge on any atom is 0.407 e. The van der Waals surface area contributed by atoms with Gasteiger partial charge in [-0.2, -0.15) is 0 Å². The van der Waals surface area contributed by atoms with Crippen molar-refractivity contribution in [2.24, 2.45) is 0 Å². The summed E-state index contributed by atoms with van der Waals surface area (Å²) in [6, 6.07) is 29.6. The zero-order valence-corrected chi connectivity index (χ0v) is 20.7. The Morgan fingerprint density at radius 3 is 2.08 bits per heavy atom. The predicted molar refractivity (Wildman–Crippen MR) is 141 cm³/mol. The number of hydrogen-bond acceptors (Lipinski definition) is 5. The van der Waals surface area contributed by atoms with Gasteiger partial charge < -0.3 is 24.7 Å². The summed E-state index contributed by atoms with van der Waals surface area (Å²) < 4.78 is 11.2. The highest BCUT2D eigenvalue weighted by Gasteiger charge is 2.30. The summed E-state index contributed by atoms with van der Waals surface area (Å²) in [5.41, 5.74) is 8.77. The number of ether oxygens (including phenoxy) is 2. The molecule has 6 nitrogen and oxygen atoms in total. The number of benzene rings is 4. The highest BCUT2D eigenvalue weighted by Crippen LogP contribution is 2.44. The first-order chi connectivity index (χ1) is 18.6. The van der Waals surface area contributed by atoms with Gasteiger partial charge in [-0.1, -0.05) is 78.9 Å². The lowest BCUT2D eigenvalue weighted by Crippen LogP contribution is -2.31. The number of aliphatic carboxylic acids is 1. The molecule has 2 aliphatic carbocycles. The van der Waals surface area contributed by atoms with E-state index in [-0.39, 0.29) is 12.5 Å². The number of rotatable bonds is 6. The molecule has 0 saturated heterocycles. The van der Waals surface area contributed by atoms with Crippen molar-refractivity contribution in [3.05, 3.63) is 124 Å². The molecule has 0 aliphatic heterocycles. The van der Waals surface area contributed by atoms with Crippen molar-refractivity contribution in [3.8, 4) is 16.9 Å². The third-order valence-corrected chi connectivity index (χ3v) is 7.42. The highest BCUT2D eigenvalue weighted by atomic mass is 16.5. The number of carboxylic acids is 1. The molecule has 2 aliphatic rings. The Kier molecular flexibility index (Phi) is 6.30. The molecule has 6 rings (SSSR count). The molecule has 0 saturated carbocycles. The maximum absolute atomic E-state index is 13.2. The molecule has 0 fully saturated rings. The predicted octanol–water partition coefficient (Wildman–Crippen LogP) is 4.54. The van der Waals surface area contributed by atoms with Crippen LogP contribution in [0.3, 0.4) is 0 Å². The van der Waals surface area contributed by atoms with Gasteiger partial charge in [-0.25, -0.2) is 4.79 Å². The van der Waals surface area contributed by atoms with Crippen molar-refractivity contribution in [1.82, 2.24) is 5.32 Å². The molecule has 4 aromatic carbocycles. The van der Waals surface area contributed by atoms with E-state index in [9.17, 15) is 14.7 Å². The minimum atomic E-state index is -1.28. The fraction of sp³-hybridized carbons (Fsp3) is 0.188. The molecule has 0 unspecified atom stereocenters. The van der Waals surface area contributed by atoms with E-state index >= 15 is 0 Å². The van der Waals surface area contributed by atoms with Crippen molar-refractivity contribution >= 4 is 12.1 Å². The quantitative estimate of drug-likeness (QED) is 0.417. The number of aryl methyl sites for hydroxylation is 2. The van der Waals surface area contributed by atoms with Crippen LogP contribution in [0.5, 0.6) is 5.75 Å². The summed E-state index contributed by atoms with van der Waals surface area (Å²) in [4.78, 5) is 24.1. The van der Waals surface area contributed by atoms with Crippen LogP contribution in [0.1, 0.15) is 45.3 Å². The monoisotopic (exact) mass is 504 g/mol. The summed E-state index contributed by atoms with van der Waals surface area (Å²) in [6.45, 7) is -0.280. The SMILES string of the molecule is O=C([O-])COc1ccc2c(c1)CCc1ccccc1[C@H]2NC(=O)OCC1c2ccccc2-c2ccccc21. The largest absolute Gasteiger partial charge is 0.546 e. The third kappa shape index (κ3) is 4.50. The lowest BCUT2D eigenvalue weighted by atomic mass is 9.94. The van der Waals surface area contributed by atoms with Gasteiger partial charge in [0.1, 0.15) is 19.0 Å². The van der Waals surface area contributed by atoms with Crippen molar-refractivity contribution in [2.75, 3.05) is 13.2 Å². The van der Waals surface area contributed by atoms with Crippen LogP contribution in [0, 0.1) is 0 Å². The lowest BCUT2D eigenvalue weighted by Gasteiger charge is -2.23. The van der Waals surface area contributed by atoms with E-state index in [4.69, 9.17) is 9.47 Å². The maximum atomic E-state index is 13.2. The third-order valence-electron chi connectivity index (χ3n) is 7.42. The van der Waals surface area contributed by atoms with Crippen LogP contribution in [0.15, 0.2) is 91.0 Å². The van der Waals surface area contributed by atoms with Crippen LogP contribution < -0.4 is 15.2 Å². The average Bonchev–Trinajstić information content (AvgIpc) is 3.18. The molecular formula is C32H26NO5-. The van der Waals surface area contributed by atoms with E-state index in [0.29, 0.717) is 5.75 Å². The second kappa shape index (κ2) is 10.1. The van der Waals surface area contributed by atoms with Crippen molar-refractivity contribution in [3.63, 3.8) is 0 Å². The molecule has 190 valence electrons. The Morgan fingerprint density at radius 2 is 1.37 bits per heavy atom. The van der Waals surface area contributed by atoms with Crippen LogP contribution in [0.2, 0.25) is 0 Å². The van der Waals surface area contributed by atoms with Gasteiger partial charge in [0.05, 0.1) is 12.0 Å². The van der Waals surface area contributed by atoms with Gasteiger partial charge in [0.25, 0.3) is 0 Å². The van der Waals surface area contributed by atoms with Gasteiger partial charge in [-0.05, 0) is 69.5 Å². The minimum Gasteiger partial charge on any atom is -0.546 e. The van der Waals surface area contributed by atoms with E-state index in [2.05, 4.69) is 35.6 Å². The number of carbonyl (C=O) groups is 2. The van der Waals surface area contributed by atoms with Crippen LogP contribution in [0.4, 0.5) is 4.79 Å². The molecule has 0 heterocycles. The second-order valence-corrected chi connectivity index (χ2v) is 9.62. The molecule has 6 heteroatoms. The normalized spacial score (nSPS) is 15.3. The minimum absolute atomic E-state index is 0.0229. The summed E-state index contributed by atoms with van der Waals surface area (Å²) in [6.07, 6.45) is 1.03. The first-order valence-electron chi connectivity index (χ1n) is 12.7. The summed E-state index contributed by atoms with van der Waals surface area (Å²) >= 11 is 0. The highest BCUT2D eigenvalue weighted by molar-refractivity contribution is 5.79. The van der Waals surface area contributed by atoms with E-state index in [1.807, 2.05) is 54.6 Å². The first-order valence-corrected chi connectivity index (χ1v) is 12.7. The second-order valence-electron chi connectivity index (χ2n) is 9.62. The van der Waals surface area contributed by atoms with Crippen LogP contribution in [0.25, 0.3) is 11.1 Å². The van der Waals surface area contributed by atoms with Crippen LogP contribution in [-0.4, -0.2) is 25.3 Å². The Balaban J connectivity index is 1.24. The van der Waals surface area contributed by atoms with Gasteiger partial charge in [-0.3, -0.25) is 0 Å². The van der Waals surface area contributed by atoms with Gasteiger partial charge in [0, 0.05) is 5.92 Å². The zero-order valence-electron chi connectivity index (χ0n) is 20.7. The number of carbonyl (C=O) groups excluding carboxylic acids is 2. The number of fused-ring (bicyclic) bond motifs is 5. The van der Waals surface area contributed by atoms with Gasteiger partial charge in [-0.15, -0.1) is 0 Å². The number of alkyl carbamates (subject to hydrolysis) is 1. The van der Waals surface area contributed by atoms with E-state index in [1.165, 1.54) is 11.1 Å². The molecule has 0 aromatic heterocycles. The molecule has 1 amide bonds. The first kappa shape index (κ1) is 23.8. The van der Waals surface area contributed by atoms with Crippen LogP contribution in [-0.2, 0) is 22.4 Å². The number of hydrogen-bond donors (Lipinski definition) is 1. The van der Waals surface area contributed by atoms with Crippen molar-refractivity contribution in [2.45, 2.75) is 24.8 Å². The van der Waals surface area contributed by atoms with Gasteiger partial charge in [0.15, 0.2) is 0 Å². The molecule has 0 radical (unpaired) electrons. The fourth-order valence-corrected chi connectivity index (χ4v) is 5.71. The molecule has 38 heavy (non-hydrogen) atoms. The molecular weight excluding hydrogens is 478 g/mol. The van der Waals surface area contributed by atoms with E-state index in [0.717, 1.165) is 46.2 Å². The fourth-order valence-electron chi connectivity index (χ4n) is 5.71. The average molecular weight is 505 g/mol. The van der Waals surface area contributed by atoms with Crippen molar-refractivity contribution in [1.29, 1.82) is 0 Å². The smallest absolute Gasteiger partial charge is 0.407 e. The number of amides is 1. The molecule has 0 bridgehead atoms. The summed E-state index contributed by atoms with van der Waals surface area (Å²) in [5, 5.41) is 13.9. The topological polar surface area (TPSA) is 87.7 Å². The van der Waals surface area contributed by atoms with Gasteiger partial charge in [0.2, 0.25) is 0 Å². The molecule has 1 N–H and O–H groups in total. The number of carboxylic acid groups (broad SMARTS) is 1. The van der Waals surface area contributed by atoms with E-state index in [1.54, 1.807) is 6.07 Å². The van der Waals surface area contributed by atoms with E-state index < -0.39 is 24.7 Å².